The van der Waals surface area contributed by atoms with Gasteiger partial charge in [-0.1, -0.05) is 18.3 Å². The maximum atomic E-state index is 12.2. The summed E-state index contributed by atoms with van der Waals surface area (Å²) in [5, 5.41) is 5.55. The molecule has 1 aliphatic rings. The number of nitrogens with two attached hydrogens (primary N) is 1. The van der Waals surface area contributed by atoms with Crippen LogP contribution in [0.15, 0.2) is 11.4 Å². The molecule has 1 aromatic rings. The lowest BCUT2D eigenvalue weighted by molar-refractivity contribution is 0.0939. The van der Waals surface area contributed by atoms with E-state index in [1.54, 1.807) is 0 Å². The fraction of sp³-hybridized carbons (Fsp3) is 0.500. The summed E-state index contributed by atoms with van der Waals surface area (Å²) in [4.78, 5) is 13.1. The number of carbonyl (C=O) groups excluding carboxylic acids is 1. The lowest BCUT2D eigenvalue weighted by Crippen LogP contribution is -2.38. The molecule has 1 amide bonds. The summed E-state index contributed by atoms with van der Waals surface area (Å²) >= 11 is 3.33. The average Bonchev–Trinajstić information content (AvgIpc) is 3.04. The van der Waals surface area contributed by atoms with E-state index in [-0.39, 0.29) is 5.91 Å². The minimum absolute atomic E-state index is 0.0167. The first-order chi connectivity index (χ1) is 9.24. The number of rotatable bonds is 3. The van der Waals surface area contributed by atoms with E-state index in [1.165, 1.54) is 24.2 Å². The monoisotopic (exact) mass is 294 g/mol. The molecule has 3 nitrogen and oxygen atoms in total. The third kappa shape index (κ3) is 3.75. The Morgan fingerprint density at radius 3 is 3.21 bits per heavy atom. The van der Waals surface area contributed by atoms with Crippen molar-refractivity contribution in [1.82, 2.24) is 5.32 Å². The summed E-state index contributed by atoms with van der Waals surface area (Å²) in [6.45, 7) is 0.344. The first kappa shape index (κ1) is 14.4. The van der Waals surface area contributed by atoms with E-state index in [4.69, 9.17) is 5.73 Å². The van der Waals surface area contributed by atoms with Crippen LogP contribution in [0.4, 0.5) is 0 Å². The van der Waals surface area contributed by atoms with Crippen LogP contribution in [-0.4, -0.2) is 30.0 Å². The van der Waals surface area contributed by atoms with E-state index in [0.717, 1.165) is 11.3 Å². The predicted octanol–water partition coefficient (Wildman–Crippen LogP) is 2.07. The van der Waals surface area contributed by atoms with E-state index < -0.39 is 0 Å². The molecule has 2 atom stereocenters. The highest BCUT2D eigenvalue weighted by Gasteiger charge is 2.28. The number of hydrogen-bond acceptors (Lipinski definition) is 4. The van der Waals surface area contributed by atoms with Crippen LogP contribution in [-0.2, 0) is 0 Å². The highest BCUT2D eigenvalue weighted by atomic mass is 32.2. The van der Waals surface area contributed by atoms with Crippen molar-refractivity contribution >= 4 is 29.0 Å². The molecule has 0 saturated heterocycles. The van der Waals surface area contributed by atoms with Crippen LogP contribution < -0.4 is 11.1 Å². The van der Waals surface area contributed by atoms with Gasteiger partial charge in [0, 0.05) is 16.7 Å². The first-order valence-electron chi connectivity index (χ1n) is 6.35. The number of thiophene rings is 1. The Balaban J connectivity index is 1.98. The number of thioether (sulfide) groups is 1. The van der Waals surface area contributed by atoms with Crippen LogP contribution in [0.1, 0.15) is 34.5 Å². The van der Waals surface area contributed by atoms with Crippen LogP contribution in [0.25, 0.3) is 0 Å². The molecule has 1 saturated carbocycles. The van der Waals surface area contributed by atoms with Gasteiger partial charge in [0.05, 0.1) is 17.0 Å². The van der Waals surface area contributed by atoms with Crippen LogP contribution >= 0.6 is 23.1 Å². The molecule has 0 aliphatic heterocycles. The molecule has 0 radical (unpaired) electrons. The summed E-state index contributed by atoms with van der Waals surface area (Å²) < 4.78 is 0. The van der Waals surface area contributed by atoms with Crippen molar-refractivity contribution in [3.05, 3.63) is 21.9 Å². The quantitative estimate of drug-likeness (QED) is 0.839. The molecule has 19 heavy (non-hydrogen) atoms. The van der Waals surface area contributed by atoms with E-state index in [9.17, 15) is 4.79 Å². The number of carbonyl (C=O) groups is 1. The van der Waals surface area contributed by atoms with Crippen molar-refractivity contribution in [2.45, 2.75) is 30.6 Å². The SMILES string of the molecule is CSC1CCCC1NC(=O)c1csc(C#CCN)c1. The molecule has 1 fully saturated rings. The fourth-order valence-corrected chi connectivity index (χ4v) is 3.97. The Morgan fingerprint density at radius 1 is 1.63 bits per heavy atom. The summed E-state index contributed by atoms with van der Waals surface area (Å²) in [5.74, 6) is 5.77. The van der Waals surface area contributed by atoms with Gasteiger partial charge in [-0.25, -0.2) is 0 Å². The van der Waals surface area contributed by atoms with Crippen molar-refractivity contribution in [2.24, 2.45) is 5.73 Å². The molecule has 2 rings (SSSR count). The summed E-state index contributed by atoms with van der Waals surface area (Å²) in [6, 6.07) is 2.15. The molecule has 5 heteroatoms. The molecular formula is C14H18N2OS2. The Hall–Kier alpha value is -0.960. The second-order valence-electron chi connectivity index (χ2n) is 4.49. The van der Waals surface area contributed by atoms with E-state index >= 15 is 0 Å². The molecule has 0 spiro atoms. The minimum atomic E-state index is 0.0167. The molecular weight excluding hydrogens is 276 g/mol. The zero-order chi connectivity index (χ0) is 13.7. The van der Waals surface area contributed by atoms with Gasteiger partial charge >= 0.3 is 0 Å². The summed E-state index contributed by atoms with van der Waals surface area (Å²) in [6.07, 6.45) is 5.59. The van der Waals surface area contributed by atoms with E-state index in [0.29, 0.717) is 23.4 Å². The third-order valence-corrected chi connectivity index (χ3v) is 5.26. The van der Waals surface area contributed by atoms with Crippen LogP contribution in [0.5, 0.6) is 0 Å². The molecule has 0 aromatic carbocycles. The van der Waals surface area contributed by atoms with E-state index in [1.807, 2.05) is 23.2 Å². The third-order valence-electron chi connectivity index (χ3n) is 3.25. The molecule has 1 aromatic heterocycles. The summed E-state index contributed by atoms with van der Waals surface area (Å²) in [5.41, 5.74) is 6.04. The van der Waals surface area contributed by atoms with Gasteiger partial charge in [0.15, 0.2) is 0 Å². The predicted molar refractivity (Wildman–Crippen MR) is 82.7 cm³/mol. The number of hydrogen-bond donors (Lipinski definition) is 2. The highest BCUT2D eigenvalue weighted by Crippen LogP contribution is 2.28. The van der Waals surface area contributed by atoms with Gasteiger partial charge in [-0.3, -0.25) is 4.79 Å². The smallest absolute Gasteiger partial charge is 0.252 e. The maximum absolute atomic E-state index is 12.2. The molecule has 102 valence electrons. The van der Waals surface area contributed by atoms with Gasteiger partial charge in [0.2, 0.25) is 0 Å². The number of amides is 1. The van der Waals surface area contributed by atoms with Gasteiger partial charge in [-0.2, -0.15) is 11.8 Å². The Morgan fingerprint density at radius 2 is 2.47 bits per heavy atom. The normalized spacial score (nSPS) is 21.8. The highest BCUT2D eigenvalue weighted by molar-refractivity contribution is 7.99. The standard InChI is InChI=1S/C14H18N2OS2/c1-18-13-6-2-5-12(13)16-14(17)10-8-11(19-9-10)4-3-7-15/h8-9,12-13H,2,5-7,15H2,1H3,(H,16,17). The Bertz CT molecular complexity index is 501. The number of nitrogens with one attached hydrogen (secondary N) is 1. The zero-order valence-corrected chi connectivity index (χ0v) is 12.6. The zero-order valence-electron chi connectivity index (χ0n) is 10.9. The van der Waals surface area contributed by atoms with Crippen molar-refractivity contribution in [3.63, 3.8) is 0 Å². The fourth-order valence-electron chi connectivity index (χ4n) is 2.28. The summed E-state index contributed by atoms with van der Waals surface area (Å²) in [7, 11) is 0. The van der Waals surface area contributed by atoms with Crippen molar-refractivity contribution in [2.75, 3.05) is 12.8 Å². The topological polar surface area (TPSA) is 55.1 Å². The molecule has 3 N–H and O–H groups in total. The van der Waals surface area contributed by atoms with Gasteiger partial charge in [0.1, 0.15) is 0 Å². The average molecular weight is 294 g/mol. The maximum Gasteiger partial charge on any atom is 0.252 e. The first-order valence-corrected chi connectivity index (χ1v) is 8.52. The second kappa shape index (κ2) is 6.99. The van der Waals surface area contributed by atoms with Gasteiger partial charge in [-0.05, 0) is 25.2 Å². The molecule has 2 unspecified atom stereocenters. The van der Waals surface area contributed by atoms with Crippen molar-refractivity contribution in [1.29, 1.82) is 0 Å². The second-order valence-corrected chi connectivity index (χ2v) is 6.48. The molecule has 1 heterocycles. The lowest BCUT2D eigenvalue weighted by atomic mass is 10.2. The van der Waals surface area contributed by atoms with Crippen LogP contribution in [0, 0.1) is 11.8 Å². The molecule has 0 bridgehead atoms. The Labute approximate surface area is 122 Å². The van der Waals surface area contributed by atoms with E-state index in [2.05, 4.69) is 23.4 Å². The van der Waals surface area contributed by atoms with Crippen LogP contribution in [0.2, 0.25) is 0 Å². The minimum Gasteiger partial charge on any atom is -0.348 e. The molecule has 1 aliphatic carbocycles. The largest absolute Gasteiger partial charge is 0.348 e. The van der Waals surface area contributed by atoms with Gasteiger partial charge < -0.3 is 11.1 Å². The van der Waals surface area contributed by atoms with Crippen molar-refractivity contribution < 1.29 is 4.79 Å². The van der Waals surface area contributed by atoms with Crippen LogP contribution in [0.3, 0.4) is 0 Å². The van der Waals surface area contributed by atoms with Crippen molar-refractivity contribution in [3.8, 4) is 11.8 Å². The van der Waals surface area contributed by atoms with Gasteiger partial charge in [-0.15, -0.1) is 11.3 Å². The lowest BCUT2D eigenvalue weighted by Gasteiger charge is -2.18. The van der Waals surface area contributed by atoms with Gasteiger partial charge in [0.25, 0.3) is 5.91 Å². The Kier molecular flexibility index (Phi) is 5.32.